The highest BCUT2D eigenvalue weighted by Crippen LogP contribution is 2.30. The standard InChI is InChI=1S/C15H19NO6/c1-20-11-4-3-5-12(21-2)14(11)15(19)16-6-7-22-10(9-16)8-13(17)18/h3-5,10H,6-9H2,1-2H3,(H,17,18)/t10-/m1/s1. The van der Waals surface area contributed by atoms with Crippen LogP contribution in [0.15, 0.2) is 18.2 Å². The summed E-state index contributed by atoms with van der Waals surface area (Å²) in [6.45, 7) is 0.934. The van der Waals surface area contributed by atoms with Crippen LogP contribution in [0.2, 0.25) is 0 Å². The van der Waals surface area contributed by atoms with E-state index in [2.05, 4.69) is 0 Å². The number of amides is 1. The summed E-state index contributed by atoms with van der Waals surface area (Å²) in [5, 5.41) is 8.85. The second-order valence-electron chi connectivity index (χ2n) is 4.88. The van der Waals surface area contributed by atoms with Crippen LogP contribution < -0.4 is 9.47 Å². The number of carboxylic acid groups (broad SMARTS) is 1. The highest BCUT2D eigenvalue weighted by Gasteiger charge is 2.29. The molecule has 0 saturated carbocycles. The maximum Gasteiger partial charge on any atom is 0.306 e. The molecule has 1 amide bonds. The van der Waals surface area contributed by atoms with Gasteiger partial charge in [0.15, 0.2) is 0 Å². The van der Waals surface area contributed by atoms with Crippen molar-refractivity contribution < 1.29 is 28.9 Å². The molecule has 0 radical (unpaired) electrons. The Hall–Kier alpha value is -2.28. The minimum atomic E-state index is -0.950. The van der Waals surface area contributed by atoms with Gasteiger partial charge in [0.1, 0.15) is 17.1 Å². The van der Waals surface area contributed by atoms with Gasteiger partial charge in [0, 0.05) is 13.1 Å². The molecule has 1 heterocycles. The first-order valence-corrected chi connectivity index (χ1v) is 6.90. The van der Waals surface area contributed by atoms with E-state index in [1.54, 1.807) is 23.1 Å². The molecule has 0 aliphatic carbocycles. The number of hydrogen-bond acceptors (Lipinski definition) is 5. The Morgan fingerprint density at radius 1 is 1.32 bits per heavy atom. The molecule has 7 nitrogen and oxygen atoms in total. The molecule has 1 saturated heterocycles. The molecule has 1 fully saturated rings. The van der Waals surface area contributed by atoms with Crippen LogP contribution in [0.25, 0.3) is 0 Å². The molecule has 1 aromatic rings. The van der Waals surface area contributed by atoms with Crippen LogP contribution >= 0.6 is 0 Å². The van der Waals surface area contributed by atoms with Crippen LogP contribution in [-0.4, -0.2) is 61.9 Å². The lowest BCUT2D eigenvalue weighted by molar-refractivity contribution is -0.141. The van der Waals surface area contributed by atoms with Gasteiger partial charge in [-0.25, -0.2) is 0 Å². The SMILES string of the molecule is COc1cccc(OC)c1C(=O)N1CCO[C@H](CC(=O)O)C1. The Morgan fingerprint density at radius 2 is 1.95 bits per heavy atom. The zero-order chi connectivity index (χ0) is 16.1. The number of carboxylic acids is 1. The van der Waals surface area contributed by atoms with E-state index in [1.807, 2.05) is 0 Å². The topological polar surface area (TPSA) is 85.3 Å². The monoisotopic (exact) mass is 309 g/mol. The third kappa shape index (κ3) is 3.48. The van der Waals surface area contributed by atoms with E-state index in [1.165, 1.54) is 14.2 Å². The molecule has 22 heavy (non-hydrogen) atoms. The third-order valence-electron chi connectivity index (χ3n) is 3.47. The van der Waals surface area contributed by atoms with Gasteiger partial charge in [-0.05, 0) is 12.1 Å². The number of hydrogen-bond donors (Lipinski definition) is 1. The summed E-state index contributed by atoms with van der Waals surface area (Å²) in [5.41, 5.74) is 0.337. The number of carbonyl (C=O) groups excluding carboxylic acids is 1. The van der Waals surface area contributed by atoms with Gasteiger partial charge in [-0.3, -0.25) is 9.59 Å². The first-order chi connectivity index (χ1) is 10.6. The Morgan fingerprint density at radius 3 is 2.50 bits per heavy atom. The van der Waals surface area contributed by atoms with E-state index in [0.29, 0.717) is 30.2 Å². The van der Waals surface area contributed by atoms with Gasteiger partial charge in [0.25, 0.3) is 5.91 Å². The molecule has 0 bridgehead atoms. The normalized spacial score (nSPS) is 17.9. The van der Waals surface area contributed by atoms with E-state index in [-0.39, 0.29) is 18.9 Å². The zero-order valence-electron chi connectivity index (χ0n) is 12.6. The number of aliphatic carboxylic acids is 1. The second kappa shape index (κ2) is 7.13. The first kappa shape index (κ1) is 16.1. The van der Waals surface area contributed by atoms with Crippen molar-refractivity contribution in [2.24, 2.45) is 0 Å². The number of nitrogens with zero attached hydrogens (tertiary/aromatic N) is 1. The number of methoxy groups -OCH3 is 2. The Labute approximate surface area is 128 Å². The summed E-state index contributed by atoms with van der Waals surface area (Å²) in [5.74, 6) is -0.363. The molecule has 1 atom stereocenters. The fourth-order valence-corrected chi connectivity index (χ4v) is 2.44. The first-order valence-electron chi connectivity index (χ1n) is 6.90. The van der Waals surface area contributed by atoms with Crippen molar-refractivity contribution in [1.82, 2.24) is 4.90 Å². The molecule has 7 heteroatoms. The largest absolute Gasteiger partial charge is 0.496 e. The van der Waals surface area contributed by atoms with Crippen molar-refractivity contribution in [1.29, 1.82) is 0 Å². The zero-order valence-corrected chi connectivity index (χ0v) is 12.6. The average molecular weight is 309 g/mol. The number of rotatable bonds is 5. The molecule has 0 spiro atoms. The molecule has 1 aliphatic rings. The molecular formula is C15H19NO6. The maximum atomic E-state index is 12.8. The molecule has 0 aromatic heterocycles. The van der Waals surface area contributed by atoms with E-state index >= 15 is 0 Å². The quantitative estimate of drug-likeness (QED) is 0.874. The smallest absolute Gasteiger partial charge is 0.306 e. The predicted octanol–water partition coefficient (Wildman–Crippen LogP) is 1.02. The third-order valence-corrected chi connectivity index (χ3v) is 3.47. The van der Waals surface area contributed by atoms with Crippen molar-refractivity contribution in [3.8, 4) is 11.5 Å². The minimum absolute atomic E-state index is 0.132. The van der Waals surface area contributed by atoms with Crippen LogP contribution in [0.5, 0.6) is 11.5 Å². The van der Waals surface area contributed by atoms with Gasteiger partial charge in [-0.2, -0.15) is 0 Å². The molecule has 120 valence electrons. The van der Waals surface area contributed by atoms with Crippen molar-refractivity contribution >= 4 is 11.9 Å². The van der Waals surface area contributed by atoms with Crippen molar-refractivity contribution in [3.05, 3.63) is 23.8 Å². The van der Waals surface area contributed by atoms with Gasteiger partial charge in [0.2, 0.25) is 0 Å². The highest BCUT2D eigenvalue weighted by atomic mass is 16.5. The van der Waals surface area contributed by atoms with Crippen molar-refractivity contribution in [2.75, 3.05) is 33.9 Å². The number of morpholine rings is 1. The Balaban J connectivity index is 2.22. The van der Waals surface area contributed by atoms with E-state index in [4.69, 9.17) is 19.3 Å². The minimum Gasteiger partial charge on any atom is -0.496 e. The Bertz CT molecular complexity index is 537. The molecule has 1 aromatic carbocycles. The summed E-state index contributed by atoms with van der Waals surface area (Å²) in [4.78, 5) is 25.1. The van der Waals surface area contributed by atoms with E-state index < -0.39 is 12.1 Å². The number of ether oxygens (including phenoxy) is 3. The lowest BCUT2D eigenvalue weighted by atomic mass is 10.1. The maximum absolute atomic E-state index is 12.8. The molecule has 0 unspecified atom stereocenters. The van der Waals surface area contributed by atoms with Crippen LogP contribution in [0.3, 0.4) is 0 Å². The lowest BCUT2D eigenvalue weighted by Crippen LogP contribution is -2.46. The average Bonchev–Trinajstić information content (AvgIpc) is 2.52. The van der Waals surface area contributed by atoms with Crippen LogP contribution in [-0.2, 0) is 9.53 Å². The fraction of sp³-hybridized carbons (Fsp3) is 0.467. The van der Waals surface area contributed by atoms with Crippen molar-refractivity contribution in [3.63, 3.8) is 0 Å². The fourth-order valence-electron chi connectivity index (χ4n) is 2.44. The highest BCUT2D eigenvalue weighted by molar-refractivity contribution is 5.99. The Kier molecular flexibility index (Phi) is 5.21. The summed E-state index contributed by atoms with van der Waals surface area (Å²) in [6.07, 6.45) is -0.636. The molecule has 1 N–H and O–H groups in total. The van der Waals surface area contributed by atoms with E-state index in [9.17, 15) is 9.59 Å². The summed E-state index contributed by atoms with van der Waals surface area (Å²) >= 11 is 0. The van der Waals surface area contributed by atoms with E-state index in [0.717, 1.165) is 0 Å². The summed E-state index contributed by atoms with van der Waals surface area (Å²) < 4.78 is 15.9. The van der Waals surface area contributed by atoms with Crippen molar-refractivity contribution in [2.45, 2.75) is 12.5 Å². The predicted molar refractivity (Wildman–Crippen MR) is 77.4 cm³/mol. The molecule has 2 rings (SSSR count). The second-order valence-corrected chi connectivity index (χ2v) is 4.88. The van der Waals surface area contributed by atoms with Crippen LogP contribution in [0, 0.1) is 0 Å². The molecule has 1 aliphatic heterocycles. The van der Waals surface area contributed by atoms with Crippen LogP contribution in [0.1, 0.15) is 16.8 Å². The van der Waals surface area contributed by atoms with Gasteiger partial charge < -0.3 is 24.2 Å². The van der Waals surface area contributed by atoms with Crippen LogP contribution in [0.4, 0.5) is 0 Å². The summed E-state index contributed by atoms with van der Waals surface area (Å²) in [7, 11) is 2.97. The van der Waals surface area contributed by atoms with Gasteiger partial charge in [-0.1, -0.05) is 6.07 Å². The van der Waals surface area contributed by atoms with Gasteiger partial charge in [0.05, 0.1) is 33.4 Å². The van der Waals surface area contributed by atoms with Gasteiger partial charge >= 0.3 is 5.97 Å². The summed E-state index contributed by atoms with van der Waals surface area (Å²) in [6, 6.07) is 5.11. The number of benzene rings is 1. The number of carbonyl (C=O) groups is 2. The lowest BCUT2D eigenvalue weighted by Gasteiger charge is -2.32. The van der Waals surface area contributed by atoms with Gasteiger partial charge in [-0.15, -0.1) is 0 Å². The molecular weight excluding hydrogens is 290 g/mol.